The zero-order valence-electron chi connectivity index (χ0n) is 16.2. The average molecular weight is 397 g/mol. The van der Waals surface area contributed by atoms with Gasteiger partial charge in [-0.1, -0.05) is 30.3 Å². The molecule has 4 N–H and O–H groups in total. The van der Waals surface area contributed by atoms with Crippen LogP contribution in [0.1, 0.15) is 17.1 Å². The largest absolute Gasteiger partial charge is 0.324 e. The van der Waals surface area contributed by atoms with Crippen LogP contribution < -0.4 is 10.6 Å². The number of aromatic amines is 2. The van der Waals surface area contributed by atoms with Gasteiger partial charge in [0.1, 0.15) is 5.82 Å². The maximum atomic E-state index is 4.61. The molecular formula is C21H19N9. The molecule has 0 aliphatic carbocycles. The molecule has 0 spiro atoms. The highest BCUT2D eigenvalue weighted by molar-refractivity contribution is 5.82. The number of nitrogens with zero attached hydrogens (tertiary/aromatic N) is 5. The van der Waals surface area contributed by atoms with E-state index in [-0.39, 0.29) is 0 Å². The SMILES string of the molecule is Cc1cc(Nc2nc(Cc3ccccc3)nc(Nc3ccc4cn[nH]c4c3)n2)n[nH]1. The van der Waals surface area contributed by atoms with Crippen LogP contribution >= 0.6 is 0 Å². The highest BCUT2D eigenvalue weighted by Gasteiger charge is 2.10. The van der Waals surface area contributed by atoms with E-state index < -0.39 is 0 Å². The summed E-state index contributed by atoms with van der Waals surface area (Å²) in [6.07, 6.45) is 2.37. The normalized spacial score (nSPS) is 11.0. The number of hydrogen-bond donors (Lipinski definition) is 4. The molecule has 0 fully saturated rings. The number of anilines is 4. The van der Waals surface area contributed by atoms with E-state index in [1.54, 1.807) is 6.20 Å². The van der Waals surface area contributed by atoms with Gasteiger partial charge in [0.25, 0.3) is 0 Å². The van der Waals surface area contributed by atoms with Gasteiger partial charge in [0, 0.05) is 29.3 Å². The Morgan fingerprint density at radius 3 is 2.50 bits per heavy atom. The highest BCUT2D eigenvalue weighted by atomic mass is 15.3. The van der Waals surface area contributed by atoms with E-state index in [0.29, 0.717) is 30.0 Å². The Hall–Kier alpha value is -4.27. The van der Waals surface area contributed by atoms with Crippen LogP contribution in [0.15, 0.2) is 60.8 Å². The lowest BCUT2D eigenvalue weighted by atomic mass is 10.1. The maximum absolute atomic E-state index is 4.61. The summed E-state index contributed by atoms with van der Waals surface area (Å²) in [5, 5.41) is 21.6. The Morgan fingerprint density at radius 1 is 0.867 bits per heavy atom. The van der Waals surface area contributed by atoms with Gasteiger partial charge in [-0.05, 0) is 30.7 Å². The molecule has 148 valence electrons. The van der Waals surface area contributed by atoms with E-state index in [0.717, 1.165) is 27.8 Å². The Balaban J connectivity index is 1.47. The monoisotopic (exact) mass is 397 g/mol. The first-order valence-electron chi connectivity index (χ1n) is 9.49. The molecule has 9 nitrogen and oxygen atoms in total. The van der Waals surface area contributed by atoms with Gasteiger partial charge in [0.2, 0.25) is 11.9 Å². The summed E-state index contributed by atoms with van der Waals surface area (Å²) in [7, 11) is 0. The number of hydrogen-bond acceptors (Lipinski definition) is 7. The Morgan fingerprint density at radius 2 is 1.70 bits per heavy atom. The molecule has 0 aliphatic heterocycles. The van der Waals surface area contributed by atoms with Crippen molar-refractivity contribution < 1.29 is 0 Å². The lowest BCUT2D eigenvalue weighted by Gasteiger charge is -2.10. The summed E-state index contributed by atoms with van der Waals surface area (Å²) in [4.78, 5) is 13.7. The van der Waals surface area contributed by atoms with Crippen LogP contribution in [0.5, 0.6) is 0 Å². The van der Waals surface area contributed by atoms with Crippen molar-refractivity contribution in [1.82, 2.24) is 35.3 Å². The van der Waals surface area contributed by atoms with Crippen LogP contribution in [-0.4, -0.2) is 35.3 Å². The lowest BCUT2D eigenvalue weighted by Crippen LogP contribution is -2.08. The summed E-state index contributed by atoms with van der Waals surface area (Å²) in [5.41, 5.74) is 3.85. The number of H-pyrrole nitrogens is 2. The number of aryl methyl sites for hydroxylation is 1. The minimum Gasteiger partial charge on any atom is -0.324 e. The molecule has 2 aromatic carbocycles. The Kier molecular flexibility index (Phi) is 4.53. The molecule has 0 amide bonds. The third-order valence-corrected chi connectivity index (χ3v) is 4.53. The van der Waals surface area contributed by atoms with Gasteiger partial charge in [0.15, 0.2) is 5.82 Å². The van der Waals surface area contributed by atoms with E-state index in [9.17, 15) is 0 Å². The van der Waals surface area contributed by atoms with Crippen molar-refractivity contribution in [2.75, 3.05) is 10.6 Å². The second-order valence-corrected chi connectivity index (χ2v) is 6.92. The van der Waals surface area contributed by atoms with Crippen molar-refractivity contribution >= 4 is 34.3 Å². The minimum absolute atomic E-state index is 0.424. The summed E-state index contributed by atoms with van der Waals surface area (Å²) >= 11 is 0. The van der Waals surface area contributed by atoms with Crippen LogP contribution in [0.4, 0.5) is 23.4 Å². The van der Waals surface area contributed by atoms with Gasteiger partial charge in [-0.2, -0.15) is 25.1 Å². The fourth-order valence-corrected chi connectivity index (χ4v) is 3.13. The fraction of sp³-hybridized carbons (Fsp3) is 0.0952. The third-order valence-electron chi connectivity index (χ3n) is 4.53. The van der Waals surface area contributed by atoms with Crippen molar-refractivity contribution in [1.29, 1.82) is 0 Å². The lowest BCUT2D eigenvalue weighted by molar-refractivity contribution is 0.929. The predicted molar refractivity (Wildman–Crippen MR) is 115 cm³/mol. The number of nitrogens with one attached hydrogen (secondary N) is 4. The molecule has 30 heavy (non-hydrogen) atoms. The zero-order valence-corrected chi connectivity index (χ0v) is 16.2. The Bertz CT molecular complexity index is 1290. The van der Waals surface area contributed by atoms with Crippen LogP contribution in [0.2, 0.25) is 0 Å². The van der Waals surface area contributed by atoms with Crippen LogP contribution in [0, 0.1) is 6.92 Å². The molecule has 5 aromatic rings. The summed E-state index contributed by atoms with van der Waals surface area (Å²) in [6, 6.07) is 17.9. The van der Waals surface area contributed by atoms with E-state index in [1.165, 1.54) is 0 Å². The zero-order chi connectivity index (χ0) is 20.3. The fourth-order valence-electron chi connectivity index (χ4n) is 3.13. The second-order valence-electron chi connectivity index (χ2n) is 6.92. The van der Waals surface area contributed by atoms with E-state index in [1.807, 2.05) is 61.5 Å². The standard InChI is InChI=1S/C21H19N9/c1-13-9-19(30-28-13)26-21-25-18(10-14-5-3-2-4-6-14)24-20(27-21)23-16-8-7-15-12-22-29-17(15)11-16/h2-9,11-12H,10H2,1H3,(H,22,29)(H3,23,24,25,26,27,28,30). The molecule has 0 atom stereocenters. The molecule has 0 radical (unpaired) electrons. The maximum Gasteiger partial charge on any atom is 0.233 e. The molecule has 0 bridgehead atoms. The molecule has 0 aliphatic rings. The molecule has 3 heterocycles. The Labute approximate surface area is 172 Å². The van der Waals surface area contributed by atoms with Gasteiger partial charge < -0.3 is 10.6 Å². The van der Waals surface area contributed by atoms with Crippen LogP contribution in [0.3, 0.4) is 0 Å². The topological polar surface area (TPSA) is 120 Å². The second kappa shape index (κ2) is 7.63. The average Bonchev–Trinajstić information content (AvgIpc) is 3.37. The summed E-state index contributed by atoms with van der Waals surface area (Å²) in [6.45, 7) is 1.94. The van der Waals surface area contributed by atoms with Crippen LogP contribution in [0.25, 0.3) is 10.9 Å². The van der Waals surface area contributed by atoms with Crippen molar-refractivity contribution in [3.8, 4) is 0 Å². The molecule has 0 saturated carbocycles. The van der Waals surface area contributed by atoms with Gasteiger partial charge >= 0.3 is 0 Å². The van der Waals surface area contributed by atoms with Crippen molar-refractivity contribution in [3.05, 3.63) is 77.9 Å². The van der Waals surface area contributed by atoms with E-state index >= 15 is 0 Å². The smallest absolute Gasteiger partial charge is 0.233 e. The molecule has 0 saturated heterocycles. The predicted octanol–water partition coefficient (Wildman–Crippen LogP) is 3.86. The van der Waals surface area contributed by atoms with Gasteiger partial charge in [-0.15, -0.1) is 0 Å². The van der Waals surface area contributed by atoms with Crippen molar-refractivity contribution in [3.63, 3.8) is 0 Å². The summed E-state index contributed by atoms with van der Waals surface area (Å²) in [5.74, 6) is 2.17. The number of rotatable bonds is 6. The first kappa shape index (κ1) is 17.8. The van der Waals surface area contributed by atoms with Crippen molar-refractivity contribution in [2.24, 2.45) is 0 Å². The first-order chi connectivity index (χ1) is 14.7. The van der Waals surface area contributed by atoms with E-state index in [2.05, 4.69) is 46.0 Å². The first-order valence-corrected chi connectivity index (χ1v) is 9.49. The number of benzene rings is 2. The quantitative estimate of drug-likeness (QED) is 0.343. The molecule has 5 rings (SSSR count). The van der Waals surface area contributed by atoms with E-state index in [4.69, 9.17) is 0 Å². The van der Waals surface area contributed by atoms with Gasteiger partial charge in [-0.25, -0.2) is 0 Å². The third kappa shape index (κ3) is 3.95. The van der Waals surface area contributed by atoms with Crippen LogP contribution in [-0.2, 0) is 6.42 Å². The molecule has 9 heteroatoms. The summed E-state index contributed by atoms with van der Waals surface area (Å²) < 4.78 is 0. The van der Waals surface area contributed by atoms with Crippen molar-refractivity contribution in [2.45, 2.75) is 13.3 Å². The number of aromatic nitrogens is 7. The van der Waals surface area contributed by atoms with Gasteiger partial charge in [-0.3, -0.25) is 10.2 Å². The number of fused-ring (bicyclic) bond motifs is 1. The molecule has 0 unspecified atom stereocenters. The molecule has 3 aromatic heterocycles. The van der Waals surface area contributed by atoms with Gasteiger partial charge in [0.05, 0.1) is 11.7 Å². The highest BCUT2D eigenvalue weighted by Crippen LogP contribution is 2.21. The minimum atomic E-state index is 0.424. The molecular weight excluding hydrogens is 378 g/mol.